The van der Waals surface area contributed by atoms with Gasteiger partial charge >= 0.3 is 0 Å². The van der Waals surface area contributed by atoms with E-state index in [1.54, 1.807) is 11.3 Å². The number of carbonyl (C=O) groups excluding carboxylic acids is 1. The molecular weight excluding hydrogens is 298 g/mol. The highest BCUT2D eigenvalue weighted by Gasteiger charge is 2.30. The molecule has 1 fully saturated rings. The van der Waals surface area contributed by atoms with E-state index in [2.05, 4.69) is 15.5 Å². The second-order valence-electron chi connectivity index (χ2n) is 5.91. The van der Waals surface area contributed by atoms with E-state index in [4.69, 9.17) is 4.52 Å². The molecular formula is C16H21N3O2S. The van der Waals surface area contributed by atoms with Gasteiger partial charge in [-0.05, 0) is 40.0 Å². The number of likely N-dealkylation sites (tertiary alicyclic amines) is 1. The van der Waals surface area contributed by atoms with Gasteiger partial charge in [0.15, 0.2) is 0 Å². The Balaban J connectivity index is 1.80. The van der Waals surface area contributed by atoms with E-state index < -0.39 is 0 Å². The number of hydrogen-bond donors (Lipinski definition) is 0. The third-order valence-electron chi connectivity index (χ3n) is 4.25. The van der Waals surface area contributed by atoms with E-state index in [0.717, 1.165) is 53.5 Å². The summed E-state index contributed by atoms with van der Waals surface area (Å²) in [6, 6.07) is 0.125. The topological polar surface area (TPSA) is 59.2 Å². The first-order valence-electron chi connectivity index (χ1n) is 7.69. The monoisotopic (exact) mass is 319 g/mol. The molecule has 1 aliphatic rings. The van der Waals surface area contributed by atoms with Gasteiger partial charge in [-0.25, -0.2) is 4.98 Å². The maximum atomic E-state index is 12.8. The van der Waals surface area contributed by atoms with E-state index in [1.807, 2.05) is 25.7 Å². The number of hydrogen-bond acceptors (Lipinski definition) is 5. The summed E-state index contributed by atoms with van der Waals surface area (Å²) in [6.07, 6.45) is 3.58. The molecule has 3 rings (SSSR count). The quantitative estimate of drug-likeness (QED) is 0.870. The van der Waals surface area contributed by atoms with Crippen LogP contribution >= 0.6 is 11.3 Å². The van der Waals surface area contributed by atoms with Crippen molar-refractivity contribution >= 4 is 17.2 Å². The van der Waals surface area contributed by atoms with E-state index >= 15 is 0 Å². The zero-order valence-electron chi connectivity index (χ0n) is 13.3. The predicted molar refractivity (Wildman–Crippen MR) is 84.8 cm³/mol. The normalized spacial score (nSPS) is 18.7. The van der Waals surface area contributed by atoms with Crippen LogP contribution in [0.1, 0.15) is 53.0 Å². The summed E-state index contributed by atoms with van der Waals surface area (Å²) in [7, 11) is 0. The van der Waals surface area contributed by atoms with Crippen LogP contribution in [-0.2, 0) is 11.2 Å². The molecule has 0 bridgehead atoms. The van der Waals surface area contributed by atoms with Crippen LogP contribution in [0.4, 0.5) is 0 Å². The Bertz CT molecular complexity index is 657. The number of nitrogens with zero attached hydrogens (tertiary/aromatic N) is 3. The van der Waals surface area contributed by atoms with Gasteiger partial charge in [-0.1, -0.05) is 5.16 Å². The largest absolute Gasteiger partial charge is 0.361 e. The third-order valence-corrected chi connectivity index (χ3v) is 5.32. The van der Waals surface area contributed by atoms with Crippen molar-refractivity contribution in [1.82, 2.24) is 15.0 Å². The summed E-state index contributed by atoms with van der Waals surface area (Å²) in [4.78, 5) is 19.4. The molecule has 6 heteroatoms. The lowest BCUT2D eigenvalue weighted by molar-refractivity contribution is -0.134. The van der Waals surface area contributed by atoms with Crippen LogP contribution in [0.15, 0.2) is 9.90 Å². The van der Waals surface area contributed by atoms with Crippen molar-refractivity contribution in [3.63, 3.8) is 0 Å². The number of thiazole rings is 1. The van der Waals surface area contributed by atoms with Crippen molar-refractivity contribution in [3.8, 4) is 0 Å². The molecule has 22 heavy (non-hydrogen) atoms. The first kappa shape index (κ1) is 15.2. The molecule has 2 aromatic rings. The Labute approximate surface area is 134 Å². The fourth-order valence-electron chi connectivity index (χ4n) is 3.02. The molecule has 1 amide bonds. The van der Waals surface area contributed by atoms with Crippen molar-refractivity contribution in [2.45, 2.75) is 52.5 Å². The number of piperidine rings is 1. The molecule has 0 N–H and O–H groups in total. The van der Waals surface area contributed by atoms with Gasteiger partial charge in [-0.3, -0.25) is 4.79 Å². The number of aromatic nitrogens is 2. The molecule has 1 atom stereocenters. The van der Waals surface area contributed by atoms with Crippen LogP contribution < -0.4 is 0 Å². The van der Waals surface area contributed by atoms with Crippen LogP contribution in [0, 0.1) is 20.8 Å². The summed E-state index contributed by atoms with van der Waals surface area (Å²) in [5.74, 6) is 0.886. The minimum Gasteiger partial charge on any atom is -0.361 e. The molecule has 2 aromatic heterocycles. The maximum Gasteiger partial charge on any atom is 0.227 e. The van der Waals surface area contributed by atoms with E-state index in [1.165, 1.54) is 0 Å². The van der Waals surface area contributed by atoms with Gasteiger partial charge in [0.25, 0.3) is 0 Å². The van der Waals surface area contributed by atoms with Gasteiger partial charge in [-0.15, -0.1) is 11.3 Å². The lowest BCUT2D eigenvalue weighted by Crippen LogP contribution is -2.39. The molecule has 0 unspecified atom stereocenters. The molecule has 0 aromatic carbocycles. The Morgan fingerprint density at radius 2 is 2.23 bits per heavy atom. The molecule has 5 nitrogen and oxygen atoms in total. The van der Waals surface area contributed by atoms with Crippen molar-refractivity contribution in [2.24, 2.45) is 0 Å². The first-order chi connectivity index (χ1) is 10.6. The Kier molecular flexibility index (Phi) is 4.29. The minimum absolute atomic E-state index is 0.125. The second kappa shape index (κ2) is 6.20. The Hall–Kier alpha value is -1.69. The number of aryl methyl sites for hydroxylation is 3. The number of rotatable bonds is 3. The van der Waals surface area contributed by atoms with E-state index in [0.29, 0.717) is 6.42 Å². The van der Waals surface area contributed by atoms with Gasteiger partial charge in [0, 0.05) is 23.2 Å². The van der Waals surface area contributed by atoms with Crippen LogP contribution in [0.2, 0.25) is 0 Å². The zero-order valence-corrected chi connectivity index (χ0v) is 14.1. The van der Waals surface area contributed by atoms with Gasteiger partial charge < -0.3 is 9.42 Å². The van der Waals surface area contributed by atoms with E-state index in [9.17, 15) is 4.79 Å². The average Bonchev–Trinajstić information content (AvgIpc) is 3.08. The molecule has 1 aliphatic heterocycles. The van der Waals surface area contributed by atoms with Gasteiger partial charge in [0.2, 0.25) is 5.91 Å². The van der Waals surface area contributed by atoms with Crippen molar-refractivity contribution in [2.75, 3.05) is 6.54 Å². The summed E-state index contributed by atoms with van der Waals surface area (Å²) in [6.45, 7) is 6.56. The Morgan fingerprint density at radius 1 is 1.41 bits per heavy atom. The second-order valence-corrected chi connectivity index (χ2v) is 6.80. The molecule has 0 radical (unpaired) electrons. The van der Waals surface area contributed by atoms with Crippen molar-refractivity contribution < 1.29 is 9.32 Å². The maximum absolute atomic E-state index is 12.8. The minimum atomic E-state index is 0.125. The molecule has 0 spiro atoms. The summed E-state index contributed by atoms with van der Waals surface area (Å²) < 4.78 is 5.17. The summed E-state index contributed by atoms with van der Waals surface area (Å²) in [5, 5.41) is 7.05. The number of carbonyl (C=O) groups is 1. The Morgan fingerprint density at radius 3 is 2.86 bits per heavy atom. The SMILES string of the molecule is Cc1csc([C@H]2CCCCN2C(=O)Cc2c(C)noc2C)n1. The fraction of sp³-hybridized carbons (Fsp3) is 0.562. The van der Waals surface area contributed by atoms with Crippen molar-refractivity contribution in [1.29, 1.82) is 0 Å². The molecule has 1 saturated heterocycles. The fourth-order valence-corrected chi connectivity index (χ4v) is 3.96. The highest BCUT2D eigenvalue weighted by Crippen LogP contribution is 2.33. The average molecular weight is 319 g/mol. The van der Waals surface area contributed by atoms with Crippen molar-refractivity contribution in [3.05, 3.63) is 33.1 Å². The smallest absolute Gasteiger partial charge is 0.227 e. The van der Waals surface area contributed by atoms with E-state index in [-0.39, 0.29) is 11.9 Å². The molecule has 3 heterocycles. The molecule has 118 valence electrons. The first-order valence-corrected chi connectivity index (χ1v) is 8.57. The molecule has 0 saturated carbocycles. The van der Waals surface area contributed by atoms with Crippen LogP contribution in [0.5, 0.6) is 0 Å². The highest BCUT2D eigenvalue weighted by atomic mass is 32.1. The van der Waals surface area contributed by atoms with Crippen LogP contribution in [0.25, 0.3) is 0 Å². The standard InChI is InChI=1S/C16H21N3O2S/c1-10-9-22-16(17-10)14-6-4-5-7-19(14)15(20)8-13-11(2)18-21-12(13)3/h9,14H,4-8H2,1-3H3/t14-/m1/s1. The lowest BCUT2D eigenvalue weighted by atomic mass is 10.0. The predicted octanol–water partition coefficient (Wildman–Crippen LogP) is 3.35. The van der Waals surface area contributed by atoms with Crippen LogP contribution in [-0.4, -0.2) is 27.5 Å². The number of amides is 1. The van der Waals surface area contributed by atoms with Gasteiger partial charge in [0.1, 0.15) is 10.8 Å². The third kappa shape index (κ3) is 2.92. The summed E-state index contributed by atoms with van der Waals surface area (Å²) in [5.41, 5.74) is 2.76. The lowest BCUT2D eigenvalue weighted by Gasteiger charge is -2.34. The summed E-state index contributed by atoms with van der Waals surface area (Å²) >= 11 is 1.66. The molecule has 0 aliphatic carbocycles. The van der Waals surface area contributed by atoms with Gasteiger partial charge in [0.05, 0.1) is 18.2 Å². The highest BCUT2D eigenvalue weighted by molar-refractivity contribution is 7.09. The van der Waals surface area contributed by atoms with Gasteiger partial charge in [-0.2, -0.15) is 0 Å². The van der Waals surface area contributed by atoms with Crippen LogP contribution in [0.3, 0.4) is 0 Å². The zero-order chi connectivity index (χ0) is 15.7.